The molecule has 0 saturated heterocycles. The topological polar surface area (TPSA) is 82.8 Å². The van der Waals surface area contributed by atoms with Crippen molar-refractivity contribution in [2.24, 2.45) is 12.8 Å². The van der Waals surface area contributed by atoms with Crippen LogP contribution in [0.25, 0.3) is 11.5 Å². The summed E-state index contributed by atoms with van der Waals surface area (Å²) in [7, 11) is 1.85. The highest BCUT2D eigenvalue weighted by Gasteiger charge is 2.09. The predicted molar refractivity (Wildman–Crippen MR) is 53.9 cm³/mol. The van der Waals surface area contributed by atoms with Gasteiger partial charge in [0.05, 0.1) is 0 Å². The molecule has 2 aromatic rings. The second-order valence-electron chi connectivity index (χ2n) is 3.28. The van der Waals surface area contributed by atoms with Crippen LogP contribution in [0.2, 0.25) is 0 Å². The number of rotatable bonds is 4. The van der Waals surface area contributed by atoms with Gasteiger partial charge in [-0.15, -0.1) is 0 Å². The Labute approximate surface area is 87.1 Å². The SMILES string of the molecule is Cn1ccc(-c2noc(CCCN)n2)n1. The molecule has 6 nitrogen and oxygen atoms in total. The lowest BCUT2D eigenvalue weighted by Gasteiger charge is -1.88. The highest BCUT2D eigenvalue weighted by atomic mass is 16.5. The highest BCUT2D eigenvalue weighted by molar-refractivity contribution is 5.46. The van der Waals surface area contributed by atoms with Crippen molar-refractivity contribution in [2.75, 3.05) is 6.54 Å². The van der Waals surface area contributed by atoms with Crippen LogP contribution in [0.15, 0.2) is 16.8 Å². The van der Waals surface area contributed by atoms with Gasteiger partial charge >= 0.3 is 0 Å². The van der Waals surface area contributed by atoms with Gasteiger partial charge in [0.1, 0.15) is 5.69 Å². The molecule has 2 aromatic heterocycles. The third kappa shape index (κ3) is 2.21. The lowest BCUT2D eigenvalue weighted by molar-refractivity contribution is 0.376. The molecular formula is C9H13N5O. The van der Waals surface area contributed by atoms with Crippen molar-refractivity contribution in [1.29, 1.82) is 0 Å². The summed E-state index contributed by atoms with van der Waals surface area (Å²) in [6.07, 6.45) is 3.41. The zero-order valence-corrected chi connectivity index (χ0v) is 8.55. The van der Waals surface area contributed by atoms with Crippen molar-refractivity contribution in [3.05, 3.63) is 18.2 Å². The van der Waals surface area contributed by atoms with Gasteiger partial charge in [-0.2, -0.15) is 10.1 Å². The third-order valence-electron chi connectivity index (χ3n) is 2.01. The number of aromatic nitrogens is 4. The molecule has 0 saturated carbocycles. The van der Waals surface area contributed by atoms with E-state index in [4.69, 9.17) is 10.3 Å². The quantitative estimate of drug-likeness (QED) is 0.782. The monoisotopic (exact) mass is 207 g/mol. The summed E-state index contributed by atoms with van der Waals surface area (Å²) < 4.78 is 6.76. The predicted octanol–water partition coefficient (Wildman–Crippen LogP) is 0.361. The molecule has 0 radical (unpaired) electrons. The van der Waals surface area contributed by atoms with Crippen molar-refractivity contribution >= 4 is 0 Å². The summed E-state index contributed by atoms with van der Waals surface area (Å²) in [4.78, 5) is 4.22. The molecule has 2 rings (SSSR count). The Morgan fingerprint density at radius 3 is 3.07 bits per heavy atom. The molecule has 0 aromatic carbocycles. The van der Waals surface area contributed by atoms with Gasteiger partial charge in [-0.1, -0.05) is 5.16 Å². The first-order valence-corrected chi connectivity index (χ1v) is 4.82. The molecule has 6 heteroatoms. The average molecular weight is 207 g/mol. The first-order valence-electron chi connectivity index (χ1n) is 4.82. The maximum atomic E-state index is 5.39. The minimum Gasteiger partial charge on any atom is -0.339 e. The summed E-state index contributed by atoms with van der Waals surface area (Å²) >= 11 is 0. The molecule has 0 spiro atoms. The number of hydrogen-bond acceptors (Lipinski definition) is 5. The molecule has 0 aliphatic rings. The summed E-state index contributed by atoms with van der Waals surface area (Å²) in [5.41, 5.74) is 6.11. The van der Waals surface area contributed by atoms with Crippen molar-refractivity contribution in [1.82, 2.24) is 19.9 Å². The van der Waals surface area contributed by atoms with Gasteiger partial charge in [0, 0.05) is 19.7 Å². The Morgan fingerprint density at radius 2 is 2.40 bits per heavy atom. The van der Waals surface area contributed by atoms with Gasteiger partial charge in [-0.05, 0) is 19.0 Å². The van der Waals surface area contributed by atoms with Gasteiger partial charge in [0.2, 0.25) is 11.7 Å². The lowest BCUT2D eigenvalue weighted by Crippen LogP contribution is -2.00. The first kappa shape index (κ1) is 9.85. The molecule has 2 N–H and O–H groups in total. The average Bonchev–Trinajstić information content (AvgIpc) is 2.83. The Hall–Kier alpha value is -1.69. The maximum Gasteiger partial charge on any atom is 0.227 e. The van der Waals surface area contributed by atoms with E-state index in [1.54, 1.807) is 4.68 Å². The van der Waals surface area contributed by atoms with E-state index in [0.717, 1.165) is 18.5 Å². The Bertz CT molecular complexity index is 433. The number of aryl methyl sites for hydroxylation is 2. The second kappa shape index (κ2) is 4.22. The second-order valence-corrected chi connectivity index (χ2v) is 3.28. The third-order valence-corrected chi connectivity index (χ3v) is 2.01. The zero-order valence-electron chi connectivity index (χ0n) is 8.55. The molecule has 0 amide bonds. The van der Waals surface area contributed by atoms with Crippen molar-refractivity contribution < 1.29 is 4.52 Å². The Kier molecular flexibility index (Phi) is 2.77. The zero-order chi connectivity index (χ0) is 10.7. The van der Waals surface area contributed by atoms with Crippen LogP contribution in [0.3, 0.4) is 0 Å². The summed E-state index contributed by atoms with van der Waals surface area (Å²) in [6, 6.07) is 1.84. The molecule has 0 aliphatic heterocycles. The molecule has 0 aliphatic carbocycles. The minimum absolute atomic E-state index is 0.530. The van der Waals surface area contributed by atoms with Crippen LogP contribution in [0.4, 0.5) is 0 Å². The van der Waals surface area contributed by atoms with Crippen LogP contribution in [0.1, 0.15) is 12.3 Å². The van der Waals surface area contributed by atoms with E-state index in [9.17, 15) is 0 Å². The molecule has 0 unspecified atom stereocenters. The van der Waals surface area contributed by atoms with Crippen LogP contribution in [-0.2, 0) is 13.5 Å². The van der Waals surface area contributed by atoms with E-state index in [0.29, 0.717) is 18.3 Å². The fourth-order valence-electron chi connectivity index (χ4n) is 1.25. The van der Waals surface area contributed by atoms with E-state index >= 15 is 0 Å². The van der Waals surface area contributed by atoms with E-state index in [-0.39, 0.29) is 0 Å². The number of hydrogen-bond donors (Lipinski definition) is 1. The Balaban J connectivity index is 2.13. The van der Waals surface area contributed by atoms with Crippen molar-refractivity contribution in [2.45, 2.75) is 12.8 Å². The highest BCUT2D eigenvalue weighted by Crippen LogP contribution is 2.12. The van der Waals surface area contributed by atoms with E-state index in [1.165, 1.54) is 0 Å². The fraction of sp³-hybridized carbons (Fsp3) is 0.444. The van der Waals surface area contributed by atoms with Crippen LogP contribution in [-0.4, -0.2) is 26.5 Å². The lowest BCUT2D eigenvalue weighted by atomic mass is 10.3. The molecule has 2 heterocycles. The molecule has 0 bridgehead atoms. The summed E-state index contributed by atoms with van der Waals surface area (Å²) in [5, 5.41) is 8.03. The van der Waals surface area contributed by atoms with Crippen LogP contribution >= 0.6 is 0 Å². The normalized spacial score (nSPS) is 10.8. The summed E-state index contributed by atoms with van der Waals surface area (Å²) in [6.45, 7) is 0.626. The van der Waals surface area contributed by atoms with E-state index < -0.39 is 0 Å². The van der Waals surface area contributed by atoms with Gasteiger partial charge in [-0.3, -0.25) is 4.68 Å². The van der Waals surface area contributed by atoms with Crippen LogP contribution in [0, 0.1) is 0 Å². The van der Waals surface area contributed by atoms with Gasteiger partial charge < -0.3 is 10.3 Å². The molecule has 0 fully saturated rings. The van der Waals surface area contributed by atoms with Crippen molar-refractivity contribution in [3.8, 4) is 11.5 Å². The van der Waals surface area contributed by atoms with E-state index in [1.807, 2.05) is 19.3 Å². The standard InChI is InChI=1S/C9H13N5O/c1-14-6-4-7(12-14)9-11-8(15-13-9)3-2-5-10/h4,6H,2-3,5,10H2,1H3. The number of nitrogens with two attached hydrogens (primary N) is 1. The van der Waals surface area contributed by atoms with E-state index in [2.05, 4.69) is 15.2 Å². The van der Waals surface area contributed by atoms with Gasteiger partial charge in [0.25, 0.3) is 0 Å². The smallest absolute Gasteiger partial charge is 0.227 e. The molecule has 15 heavy (non-hydrogen) atoms. The maximum absolute atomic E-state index is 5.39. The molecule has 0 atom stereocenters. The van der Waals surface area contributed by atoms with Gasteiger partial charge in [-0.25, -0.2) is 0 Å². The van der Waals surface area contributed by atoms with Crippen LogP contribution < -0.4 is 5.73 Å². The first-order chi connectivity index (χ1) is 7.29. The van der Waals surface area contributed by atoms with Gasteiger partial charge in [0.15, 0.2) is 0 Å². The Morgan fingerprint density at radius 1 is 1.53 bits per heavy atom. The van der Waals surface area contributed by atoms with Crippen molar-refractivity contribution in [3.63, 3.8) is 0 Å². The minimum atomic E-state index is 0.530. The molecular weight excluding hydrogens is 194 g/mol. The van der Waals surface area contributed by atoms with Crippen LogP contribution in [0.5, 0.6) is 0 Å². The molecule has 80 valence electrons. The number of nitrogens with zero attached hydrogens (tertiary/aromatic N) is 4. The fourth-order valence-corrected chi connectivity index (χ4v) is 1.25. The summed E-state index contributed by atoms with van der Waals surface area (Å²) in [5.74, 6) is 1.14. The largest absolute Gasteiger partial charge is 0.339 e.